The Morgan fingerprint density at radius 1 is 1.32 bits per heavy atom. The molecule has 0 bridgehead atoms. The number of nitrogens with zero attached hydrogens (tertiary/aromatic N) is 4. The average Bonchev–Trinajstić information content (AvgIpc) is 3.29. The number of halogens is 3. The molecule has 1 fully saturated rings. The summed E-state index contributed by atoms with van der Waals surface area (Å²) in [5, 5.41) is 25.0. The molecule has 0 amide bonds. The first-order valence-corrected chi connectivity index (χ1v) is 11.7. The first-order chi connectivity index (χ1) is 14.9. The van der Waals surface area contributed by atoms with Gasteiger partial charge in [0.15, 0.2) is 0 Å². The van der Waals surface area contributed by atoms with Gasteiger partial charge in [0.05, 0.1) is 37.9 Å². The SMILES string of the molecule is CC(Nc1nc(NCCN2CCC(O)CC2)nc2c(Cl)c(Br)c(Cl)cc12)c1ccn[nH]1. The van der Waals surface area contributed by atoms with Gasteiger partial charge in [0.1, 0.15) is 5.82 Å². The van der Waals surface area contributed by atoms with Crippen LogP contribution in [0.2, 0.25) is 10.0 Å². The van der Waals surface area contributed by atoms with E-state index in [2.05, 4.69) is 46.6 Å². The van der Waals surface area contributed by atoms with Crippen LogP contribution in [0.5, 0.6) is 0 Å². The predicted molar refractivity (Wildman–Crippen MR) is 128 cm³/mol. The summed E-state index contributed by atoms with van der Waals surface area (Å²) in [6.45, 7) is 5.34. The second-order valence-electron chi connectivity index (χ2n) is 7.66. The molecular weight excluding hydrogens is 505 g/mol. The fourth-order valence-electron chi connectivity index (χ4n) is 3.62. The highest BCUT2D eigenvalue weighted by Crippen LogP contribution is 2.39. The van der Waals surface area contributed by atoms with Gasteiger partial charge in [-0.1, -0.05) is 23.2 Å². The van der Waals surface area contributed by atoms with Gasteiger partial charge in [0.2, 0.25) is 5.95 Å². The highest BCUT2D eigenvalue weighted by molar-refractivity contribution is 9.10. The Kier molecular flexibility index (Phi) is 7.18. The summed E-state index contributed by atoms with van der Waals surface area (Å²) in [5.41, 5.74) is 1.54. The first-order valence-electron chi connectivity index (χ1n) is 10.2. The molecule has 1 aliphatic heterocycles. The van der Waals surface area contributed by atoms with Crippen LogP contribution in [-0.2, 0) is 0 Å². The molecule has 11 heteroatoms. The number of likely N-dealkylation sites (tertiary alicyclic amines) is 1. The van der Waals surface area contributed by atoms with E-state index in [1.54, 1.807) is 12.3 Å². The molecule has 0 spiro atoms. The third-order valence-electron chi connectivity index (χ3n) is 5.44. The molecular formula is C20H24BrCl2N7O. The number of hydrogen-bond acceptors (Lipinski definition) is 7. The smallest absolute Gasteiger partial charge is 0.225 e. The van der Waals surface area contributed by atoms with Gasteiger partial charge in [0.25, 0.3) is 0 Å². The topological polar surface area (TPSA) is 102 Å². The maximum atomic E-state index is 9.67. The van der Waals surface area contributed by atoms with Crippen LogP contribution in [0.25, 0.3) is 10.9 Å². The van der Waals surface area contributed by atoms with E-state index >= 15 is 0 Å². The van der Waals surface area contributed by atoms with E-state index in [9.17, 15) is 5.11 Å². The average molecular weight is 529 g/mol. The zero-order chi connectivity index (χ0) is 22.0. The van der Waals surface area contributed by atoms with Crippen LogP contribution in [0.4, 0.5) is 11.8 Å². The number of aliphatic hydroxyl groups excluding tert-OH is 1. The number of fused-ring (bicyclic) bond motifs is 1. The minimum atomic E-state index is -0.175. The number of anilines is 2. The van der Waals surface area contributed by atoms with Gasteiger partial charge in [-0.3, -0.25) is 5.10 Å². The van der Waals surface area contributed by atoms with E-state index in [1.807, 2.05) is 13.0 Å². The monoisotopic (exact) mass is 527 g/mol. The number of H-pyrrole nitrogens is 1. The largest absolute Gasteiger partial charge is 0.393 e. The van der Waals surface area contributed by atoms with Crippen molar-refractivity contribution < 1.29 is 5.11 Å². The van der Waals surface area contributed by atoms with Crippen LogP contribution >= 0.6 is 39.1 Å². The summed E-state index contributed by atoms with van der Waals surface area (Å²) < 4.78 is 0.604. The number of piperidine rings is 1. The molecule has 8 nitrogen and oxygen atoms in total. The van der Waals surface area contributed by atoms with E-state index in [0.717, 1.165) is 43.6 Å². The lowest BCUT2D eigenvalue weighted by Crippen LogP contribution is -2.38. The minimum Gasteiger partial charge on any atom is -0.393 e. The Bertz CT molecular complexity index is 1040. The van der Waals surface area contributed by atoms with Crippen molar-refractivity contribution in [1.29, 1.82) is 0 Å². The second-order valence-corrected chi connectivity index (χ2v) is 9.23. The summed E-state index contributed by atoms with van der Waals surface area (Å²) in [5.74, 6) is 1.12. The quantitative estimate of drug-likeness (QED) is 0.336. The minimum absolute atomic E-state index is 0.0607. The zero-order valence-electron chi connectivity index (χ0n) is 17.0. The number of hydrogen-bond donors (Lipinski definition) is 4. The van der Waals surface area contributed by atoms with E-state index < -0.39 is 0 Å². The highest BCUT2D eigenvalue weighted by Gasteiger charge is 2.19. The number of aromatic amines is 1. The fraction of sp³-hybridized carbons (Fsp3) is 0.450. The Morgan fingerprint density at radius 2 is 2.10 bits per heavy atom. The van der Waals surface area contributed by atoms with Crippen LogP contribution < -0.4 is 10.6 Å². The van der Waals surface area contributed by atoms with Crippen molar-refractivity contribution in [2.45, 2.75) is 31.9 Å². The summed E-state index contributed by atoms with van der Waals surface area (Å²) in [4.78, 5) is 11.7. The van der Waals surface area contributed by atoms with Gasteiger partial charge >= 0.3 is 0 Å². The maximum absolute atomic E-state index is 9.67. The lowest BCUT2D eigenvalue weighted by molar-refractivity contribution is 0.0845. The van der Waals surface area contributed by atoms with Crippen molar-refractivity contribution in [3.63, 3.8) is 0 Å². The lowest BCUT2D eigenvalue weighted by Gasteiger charge is -2.29. The van der Waals surface area contributed by atoms with Gasteiger partial charge in [0, 0.05) is 37.8 Å². The molecule has 166 valence electrons. The number of benzene rings is 1. The highest BCUT2D eigenvalue weighted by atomic mass is 79.9. The summed E-state index contributed by atoms with van der Waals surface area (Å²) in [7, 11) is 0. The molecule has 3 aromatic rings. The lowest BCUT2D eigenvalue weighted by atomic mass is 10.1. The van der Waals surface area contributed by atoms with E-state index in [0.29, 0.717) is 38.3 Å². The Morgan fingerprint density at radius 3 is 2.81 bits per heavy atom. The zero-order valence-corrected chi connectivity index (χ0v) is 20.1. The standard InChI is InChI=1S/C20H24BrCl2N7O/c1-11(15-2-5-25-29-15)26-19-13-10-14(22)16(21)17(23)18(13)27-20(28-19)24-6-9-30-7-3-12(31)4-8-30/h2,5,10-12,31H,3-4,6-9H2,1H3,(H,25,29)(H2,24,26,27,28). The van der Waals surface area contributed by atoms with Crippen LogP contribution in [0.3, 0.4) is 0 Å². The Labute approximate surface area is 198 Å². The first kappa shape index (κ1) is 22.5. The molecule has 1 aliphatic rings. The van der Waals surface area contributed by atoms with E-state index in [-0.39, 0.29) is 12.1 Å². The predicted octanol–water partition coefficient (Wildman–Crippen LogP) is 4.46. The van der Waals surface area contributed by atoms with Gasteiger partial charge in [-0.2, -0.15) is 10.1 Å². The molecule has 4 N–H and O–H groups in total. The third-order valence-corrected chi connectivity index (χ3v) is 7.38. The number of rotatable bonds is 7. The molecule has 3 heterocycles. The van der Waals surface area contributed by atoms with Gasteiger partial charge in [-0.05, 0) is 47.8 Å². The van der Waals surface area contributed by atoms with Gasteiger partial charge < -0.3 is 20.6 Å². The van der Waals surface area contributed by atoms with Crippen molar-refractivity contribution in [2.24, 2.45) is 0 Å². The molecule has 2 aromatic heterocycles. The van der Waals surface area contributed by atoms with Crippen molar-refractivity contribution in [1.82, 2.24) is 25.1 Å². The summed E-state index contributed by atoms with van der Waals surface area (Å²) in [6.07, 6.45) is 3.17. The summed E-state index contributed by atoms with van der Waals surface area (Å²) >= 11 is 16.3. The molecule has 1 saturated heterocycles. The molecule has 4 rings (SSSR count). The van der Waals surface area contributed by atoms with Crippen molar-refractivity contribution >= 4 is 61.8 Å². The van der Waals surface area contributed by atoms with Crippen LogP contribution in [0, 0.1) is 0 Å². The molecule has 1 aromatic carbocycles. The van der Waals surface area contributed by atoms with Crippen LogP contribution in [-0.4, -0.2) is 62.5 Å². The second kappa shape index (κ2) is 9.87. The Hall–Kier alpha value is -1.65. The fourth-order valence-corrected chi connectivity index (χ4v) is 4.42. The molecule has 0 aliphatic carbocycles. The van der Waals surface area contributed by atoms with Crippen molar-refractivity contribution in [3.8, 4) is 0 Å². The molecule has 1 atom stereocenters. The number of aromatic nitrogens is 4. The van der Waals surface area contributed by atoms with Gasteiger partial charge in [-0.15, -0.1) is 0 Å². The third kappa shape index (κ3) is 5.23. The van der Waals surface area contributed by atoms with Crippen molar-refractivity contribution in [2.75, 3.05) is 36.8 Å². The molecule has 1 unspecified atom stereocenters. The molecule has 0 saturated carbocycles. The normalized spacial score (nSPS) is 16.5. The van der Waals surface area contributed by atoms with Crippen molar-refractivity contribution in [3.05, 3.63) is 38.5 Å². The molecule has 0 radical (unpaired) electrons. The van der Waals surface area contributed by atoms with Gasteiger partial charge in [-0.25, -0.2) is 4.98 Å². The molecule has 31 heavy (non-hydrogen) atoms. The van der Waals surface area contributed by atoms with E-state index in [1.165, 1.54) is 0 Å². The number of aliphatic hydroxyl groups is 1. The Balaban J connectivity index is 1.58. The summed E-state index contributed by atoms with van der Waals surface area (Å²) in [6, 6.07) is 3.65. The number of nitrogens with one attached hydrogen (secondary N) is 3. The maximum Gasteiger partial charge on any atom is 0.225 e. The van der Waals surface area contributed by atoms with Crippen LogP contribution in [0.15, 0.2) is 22.8 Å². The van der Waals surface area contributed by atoms with Crippen LogP contribution in [0.1, 0.15) is 31.5 Å². The van der Waals surface area contributed by atoms with E-state index in [4.69, 9.17) is 28.2 Å².